The quantitative estimate of drug-likeness (QED) is 0.777. The van der Waals surface area contributed by atoms with Gasteiger partial charge in [0, 0.05) is 13.1 Å². The molecular formula is C12H14N4O2. The Bertz CT molecular complexity index is 553. The molecule has 18 heavy (non-hydrogen) atoms. The lowest BCUT2D eigenvalue weighted by atomic mass is 10.1. The molecule has 6 heteroatoms. The monoisotopic (exact) mass is 246 g/mol. The zero-order valence-electron chi connectivity index (χ0n) is 10.2. The van der Waals surface area contributed by atoms with E-state index in [9.17, 15) is 4.79 Å². The molecule has 1 aliphatic carbocycles. The Balaban J connectivity index is 2.15. The van der Waals surface area contributed by atoms with Crippen molar-refractivity contribution in [1.29, 1.82) is 5.26 Å². The fraction of sp³-hybridized carbons (Fsp3) is 0.417. The summed E-state index contributed by atoms with van der Waals surface area (Å²) in [6.07, 6.45) is 3.99. The molecule has 2 unspecified atom stereocenters. The van der Waals surface area contributed by atoms with Gasteiger partial charge in [0.25, 0.3) is 0 Å². The van der Waals surface area contributed by atoms with Gasteiger partial charge in [0.2, 0.25) is 0 Å². The first-order valence-corrected chi connectivity index (χ1v) is 5.64. The van der Waals surface area contributed by atoms with E-state index in [0.29, 0.717) is 23.5 Å². The lowest BCUT2D eigenvalue weighted by Gasteiger charge is -2.13. The number of carbonyl (C=O) groups is 1. The minimum absolute atomic E-state index is 0.0759. The van der Waals surface area contributed by atoms with Gasteiger partial charge in [-0.25, -0.2) is 0 Å². The van der Waals surface area contributed by atoms with Gasteiger partial charge in [0.1, 0.15) is 17.5 Å². The Hall–Kier alpha value is -2.29. The van der Waals surface area contributed by atoms with Crippen LogP contribution in [-0.4, -0.2) is 26.9 Å². The summed E-state index contributed by atoms with van der Waals surface area (Å²) in [7, 11) is 1.75. The van der Waals surface area contributed by atoms with E-state index in [1.807, 2.05) is 6.08 Å². The van der Waals surface area contributed by atoms with Crippen molar-refractivity contribution in [3.63, 3.8) is 0 Å². The zero-order valence-corrected chi connectivity index (χ0v) is 10.2. The Morgan fingerprint density at radius 1 is 1.67 bits per heavy atom. The van der Waals surface area contributed by atoms with Crippen LogP contribution >= 0.6 is 0 Å². The van der Waals surface area contributed by atoms with Crippen LogP contribution in [0.1, 0.15) is 17.7 Å². The molecule has 1 aromatic heterocycles. The van der Waals surface area contributed by atoms with Gasteiger partial charge in [0.05, 0.1) is 11.6 Å². The number of rotatable bonds is 3. The lowest BCUT2D eigenvalue weighted by molar-refractivity contribution is -0.140. The first-order valence-electron chi connectivity index (χ1n) is 5.64. The van der Waals surface area contributed by atoms with Crippen molar-refractivity contribution in [3.8, 4) is 6.07 Å². The summed E-state index contributed by atoms with van der Waals surface area (Å²) >= 11 is 0. The second kappa shape index (κ2) is 4.53. The van der Waals surface area contributed by atoms with Crippen molar-refractivity contribution in [3.05, 3.63) is 23.4 Å². The van der Waals surface area contributed by atoms with Gasteiger partial charge in [-0.15, -0.1) is 0 Å². The molecule has 0 aliphatic heterocycles. The minimum atomic E-state index is -0.822. The Morgan fingerprint density at radius 3 is 2.94 bits per heavy atom. The van der Waals surface area contributed by atoms with Crippen molar-refractivity contribution in [2.24, 2.45) is 13.0 Å². The first-order chi connectivity index (χ1) is 8.52. The number of hydrogen-bond acceptors (Lipinski definition) is 4. The van der Waals surface area contributed by atoms with Gasteiger partial charge in [-0.2, -0.15) is 10.4 Å². The van der Waals surface area contributed by atoms with Crippen LogP contribution in [-0.2, 0) is 11.8 Å². The molecule has 1 aromatic rings. The molecule has 0 saturated carbocycles. The fourth-order valence-electron chi connectivity index (χ4n) is 2.12. The van der Waals surface area contributed by atoms with Crippen LogP contribution in [0.15, 0.2) is 12.2 Å². The molecule has 2 rings (SSSR count). The number of aliphatic carboxylic acids is 1. The standard InChI is InChI=1S/C12H14N4O2/c1-7-10(6-13)11(16(2)15-7)14-9-4-3-8(5-9)12(17)18/h3-4,8-9,14H,5H2,1-2H3,(H,17,18). The molecule has 0 spiro atoms. The number of aryl methyl sites for hydroxylation is 2. The predicted molar refractivity (Wildman–Crippen MR) is 65.0 cm³/mol. The van der Waals surface area contributed by atoms with Crippen molar-refractivity contribution < 1.29 is 9.90 Å². The topological polar surface area (TPSA) is 90.9 Å². The molecule has 1 aliphatic rings. The lowest BCUT2D eigenvalue weighted by Crippen LogP contribution is -2.20. The SMILES string of the molecule is Cc1nn(C)c(NC2C=CC(C(=O)O)C2)c1C#N. The molecule has 94 valence electrons. The summed E-state index contributed by atoms with van der Waals surface area (Å²) in [6, 6.07) is 2.03. The molecule has 2 atom stereocenters. The molecule has 2 N–H and O–H groups in total. The van der Waals surface area contributed by atoms with Crippen molar-refractivity contribution in [1.82, 2.24) is 9.78 Å². The summed E-state index contributed by atoms with van der Waals surface area (Å²) in [4.78, 5) is 10.8. The van der Waals surface area contributed by atoms with Crippen LogP contribution < -0.4 is 5.32 Å². The summed E-state index contributed by atoms with van der Waals surface area (Å²) in [5.74, 6) is -0.643. The largest absolute Gasteiger partial charge is 0.481 e. The third kappa shape index (κ3) is 2.07. The highest BCUT2D eigenvalue weighted by molar-refractivity contribution is 5.73. The maximum absolute atomic E-state index is 10.8. The van der Waals surface area contributed by atoms with E-state index in [2.05, 4.69) is 16.5 Å². The van der Waals surface area contributed by atoms with Gasteiger partial charge < -0.3 is 10.4 Å². The number of anilines is 1. The second-order valence-electron chi connectivity index (χ2n) is 4.36. The van der Waals surface area contributed by atoms with Gasteiger partial charge in [-0.1, -0.05) is 12.2 Å². The summed E-state index contributed by atoms with van der Waals surface area (Å²) in [5, 5.41) is 25.3. The molecule has 0 bridgehead atoms. The van der Waals surface area contributed by atoms with E-state index in [0.717, 1.165) is 0 Å². The van der Waals surface area contributed by atoms with Crippen LogP contribution in [0.3, 0.4) is 0 Å². The van der Waals surface area contributed by atoms with Gasteiger partial charge in [-0.3, -0.25) is 9.48 Å². The van der Waals surface area contributed by atoms with Crippen molar-refractivity contribution in [2.75, 3.05) is 5.32 Å². The fourth-order valence-corrected chi connectivity index (χ4v) is 2.12. The molecule has 1 heterocycles. The normalized spacial score (nSPS) is 21.8. The van der Waals surface area contributed by atoms with Gasteiger partial charge in [0.15, 0.2) is 0 Å². The van der Waals surface area contributed by atoms with E-state index in [1.165, 1.54) is 0 Å². The number of nitrogens with zero attached hydrogens (tertiary/aromatic N) is 3. The van der Waals surface area contributed by atoms with E-state index < -0.39 is 11.9 Å². The molecule has 0 amide bonds. The Labute approximate surface area is 105 Å². The average molecular weight is 246 g/mol. The summed E-state index contributed by atoms with van der Waals surface area (Å²) < 4.78 is 1.61. The van der Waals surface area contributed by atoms with Crippen LogP contribution in [0.5, 0.6) is 0 Å². The smallest absolute Gasteiger partial charge is 0.310 e. The Morgan fingerprint density at radius 2 is 2.39 bits per heavy atom. The van der Waals surface area contributed by atoms with E-state index >= 15 is 0 Å². The number of nitriles is 1. The number of hydrogen-bond donors (Lipinski definition) is 2. The first kappa shape index (κ1) is 12.2. The number of nitrogens with one attached hydrogen (secondary N) is 1. The van der Waals surface area contributed by atoms with Gasteiger partial charge in [-0.05, 0) is 13.3 Å². The van der Waals surface area contributed by atoms with Crippen molar-refractivity contribution >= 4 is 11.8 Å². The minimum Gasteiger partial charge on any atom is -0.481 e. The summed E-state index contributed by atoms with van der Waals surface area (Å²) in [6.45, 7) is 1.77. The molecular weight excluding hydrogens is 232 g/mol. The molecule has 0 aromatic carbocycles. The van der Waals surface area contributed by atoms with Crippen LogP contribution in [0.4, 0.5) is 5.82 Å². The highest BCUT2D eigenvalue weighted by Crippen LogP contribution is 2.24. The number of aromatic nitrogens is 2. The number of carboxylic acid groups (broad SMARTS) is 1. The van der Waals surface area contributed by atoms with Crippen LogP contribution in [0.2, 0.25) is 0 Å². The van der Waals surface area contributed by atoms with Crippen LogP contribution in [0.25, 0.3) is 0 Å². The van der Waals surface area contributed by atoms with E-state index in [-0.39, 0.29) is 6.04 Å². The van der Waals surface area contributed by atoms with Crippen molar-refractivity contribution in [2.45, 2.75) is 19.4 Å². The predicted octanol–water partition coefficient (Wildman–Crippen LogP) is 1.04. The average Bonchev–Trinajstić information content (AvgIpc) is 2.86. The molecule has 0 fully saturated rings. The zero-order chi connectivity index (χ0) is 13.3. The molecule has 0 saturated heterocycles. The summed E-state index contributed by atoms with van der Waals surface area (Å²) in [5.41, 5.74) is 1.17. The second-order valence-corrected chi connectivity index (χ2v) is 4.36. The molecule has 6 nitrogen and oxygen atoms in total. The van der Waals surface area contributed by atoms with Gasteiger partial charge >= 0.3 is 5.97 Å². The van der Waals surface area contributed by atoms with Crippen LogP contribution in [0, 0.1) is 24.2 Å². The maximum atomic E-state index is 10.8. The van der Waals surface area contributed by atoms with E-state index in [4.69, 9.17) is 10.4 Å². The highest BCUT2D eigenvalue weighted by atomic mass is 16.4. The maximum Gasteiger partial charge on any atom is 0.310 e. The third-order valence-corrected chi connectivity index (χ3v) is 3.06. The highest BCUT2D eigenvalue weighted by Gasteiger charge is 2.26. The molecule has 0 radical (unpaired) electrons. The number of carboxylic acids is 1. The Kier molecular flexibility index (Phi) is 3.06. The third-order valence-electron chi connectivity index (χ3n) is 3.06. The van der Waals surface area contributed by atoms with E-state index in [1.54, 1.807) is 24.7 Å².